The van der Waals surface area contributed by atoms with Crippen LogP contribution in [0.5, 0.6) is 11.5 Å². The van der Waals surface area contributed by atoms with E-state index in [2.05, 4.69) is 5.32 Å². The summed E-state index contributed by atoms with van der Waals surface area (Å²) >= 11 is 7.25. The van der Waals surface area contributed by atoms with Crippen LogP contribution in [0, 0.1) is 12.8 Å². The van der Waals surface area contributed by atoms with Gasteiger partial charge in [-0.3, -0.25) is 0 Å². The van der Waals surface area contributed by atoms with Crippen LogP contribution in [0.25, 0.3) is 10.4 Å². The van der Waals surface area contributed by atoms with Crippen molar-refractivity contribution in [2.24, 2.45) is 5.92 Å². The Kier molecular flexibility index (Phi) is 8.61. The van der Waals surface area contributed by atoms with Gasteiger partial charge in [0, 0.05) is 5.92 Å². The molecule has 38 heavy (non-hydrogen) atoms. The molecule has 1 aliphatic rings. The van der Waals surface area contributed by atoms with Crippen LogP contribution < -0.4 is 14.8 Å². The lowest BCUT2D eigenvalue weighted by molar-refractivity contribution is -0.139. The maximum absolute atomic E-state index is 13.7. The van der Waals surface area contributed by atoms with Crippen LogP contribution in [-0.2, 0) is 14.6 Å². The summed E-state index contributed by atoms with van der Waals surface area (Å²) in [6, 6.07) is 13.2. The van der Waals surface area contributed by atoms with Crippen LogP contribution in [-0.4, -0.2) is 55.7 Å². The highest BCUT2D eigenvalue weighted by Gasteiger charge is 2.37. The normalized spacial score (nSPS) is 15.1. The fraction of sp³-hybridized carbons (Fsp3) is 0.308. The third-order valence-electron chi connectivity index (χ3n) is 6.12. The number of aryl methyl sites for hydroxylation is 1. The highest BCUT2D eigenvalue weighted by atomic mass is 35.5. The largest absolute Gasteiger partial charge is 0.479 e. The van der Waals surface area contributed by atoms with Crippen LogP contribution >= 0.6 is 22.9 Å². The van der Waals surface area contributed by atoms with E-state index in [9.17, 15) is 23.1 Å². The maximum atomic E-state index is 13.7. The van der Waals surface area contributed by atoms with Gasteiger partial charge in [-0.05, 0) is 62.7 Å². The molecule has 3 aromatic rings. The zero-order valence-electron chi connectivity index (χ0n) is 20.3. The zero-order valence-corrected chi connectivity index (χ0v) is 22.7. The lowest BCUT2D eigenvalue weighted by Gasteiger charge is -2.31. The Labute approximate surface area is 228 Å². The number of rotatable bonds is 10. The van der Waals surface area contributed by atoms with Crippen molar-refractivity contribution < 1.29 is 37.7 Å². The number of benzene rings is 2. The molecule has 1 fully saturated rings. The van der Waals surface area contributed by atoms with E-state index in [-0.39, 0.29) is 32.2 Å². The van der Waals surface area contributed by atoms with Gasteiger partial charge in [-0.15, -0.1) is 11.3 Å². The molecular weight excluding hydrogens is 554 g/mol. The summed E-state index contributed by atoms with van der Waals surface area (Å²) in [7, 11) is -3.86. The number of aliphatic carboxylic acids is 1. The third kappa shape index (κ3) is 6.12. The number of hydrogen-bond acceptors (Lipinski definition) is 8. The minimum Gasteiger partial charge on any atom is -0.479 e. The Morgan fingerprint density at radius 3 is 2.45 bits per heavy atom. The van der Waals surface area contributed by atoms with Gasteiger partial charge in [0.1, 0.15) is 10.8 Å². The number of halogens is 1. The van der Waals surface area contributed by atoms with Gasteiger partial charge < -0.3 is 25.0 Å². The molecular formula is C26H26ClNO8S2. The quantitative estimate of drug-likeness (QED) is 0.311. The molecule has 0 amide bonds. The summed E-state index contributed by atoms with van der Waals surface area (Å²) in [5.74, 6) is -2.80. The molecule has 9 nitrogen and oxygen atoms in total. The number of piperidine rings is 1. The molecule has 1 aliphatic heterocycles. The molecule has 3 N–H and O–H groups in total. The van der Waals surface area contributed by atoms with E-state index in [1.807, 2.05) is 6.92 Å². The molecule has 12 heteroatoms. The van der Waals surface area contributed by atoms with Gasteiger partial charge in [0.25, 0.3) is 0 Å². The molecule has 1 atom stereocenters. The fourth-order valence-electron chi connectivity index (χ4n) is 4.22. The lowest BCUT2D eigenvalue weighted by atomic mass is 9.99. The summed E-state index contributed by atoms with van der Waals surface area (Å²) in [5, 5.41) is 21.7. The van der Waals surface area contributed by atoms with Crippen molar-refractivity contribution in [1.82, 2.24) is 5.32 Å². The van der Waals surface area contributed by atoms with E-state index in [0.717, 1.165) is 16.9 Å². The van der Waals surface area contributed by atoms with Crippen LogP contribution in [0.15, 0.2) is 53.4 Å². The van der Waals surface area contributed by atoms with Crippen molar-refractivity contribution in [3.63, 3.8) is 0 Å². The Hall–Kier alpha value is -3.12. The number of carbonyl (C=O) groups is 2. The van der Waals surface area contributed by atoms with Gasteiger partial charge in [-0.25, -0.2) is 18.0 Å². The molecule has 0 saturated carbocycles. The number of sulfone groups is 1. The van der Waals surface area contributed by atoms with Crippen LogP contribution in [0.4, 0.5) is 0 Å². The average molecular weight is 580 g/mol. The Morgan fingerprint density at radius 2 is 1.82 bits per heavy atom. The van der Waals surface area contributed by atoms with Crippen molar-refractivity contribution in [1.29, 1.82) is 0 Å². The van der Waals surface area contributed by atoms with Gasteiger partial charge in [-0.2, -0.15) is 0 Å². The van der Waals surface area contributed by atoms with E-state index in [1.54, 1.807) is 48.5 Å². The summed E-state index contributed by atoms with van der Waals surface area (Å²) in [5.41, 5.74) is 0.281. The molecule has 1 saturated heterocycles. The number of ether oxygens (including phenoxy) is 2. The predicted octanol–water partition coefficient (Wildman–Crippen LogP) is 4.72. The zero-order chi connectivity index (χ0) is 27.4. The standard InChI is InChI=1S/C26H26ClNO8S2/c1-15-5-7-19(8-6-15)38(33,34)26(16-9-11-28-12-10-16)36-18-4-2-3-17(13-18)23-21(27)22(35-14-20(29)30)24(37-23)25(31)32/h2-8,13,16,26,28H,9-12,14H2,1H3,(H,29,30)(H,31,32). The number of aromatic carboxylic acids is 1. The first kappa shape index (κ1) is 27.9. The molecule has 0 aliphatic carbocycles. The van der Waals surface area contributed by atoms with Gasteiger partial charge >= 0.3 is 11.9 Å². The van der Waals surface area contributed by atoms with Crippen molar-refractivity contribution in [2.75, 3.05) is 19.7 Å². The molecule has 0 radical (unpaired) electrons. The van der Waals surface area contributed by atoms with E-state index in [4.69, 9.17) is 26.2 Å². The Bertz CT molecular complexity index is 1430. The maximum Gasteiger partial charge on any atom is 0.349 e. The summed E-state index contributed by atoms with van der Waals surface area (Å²) in [6.07, 6.45) is 1.25. The van der Waals surface area contributed by atoms with E-state index in [0.29, 0.717) is 36.4 Å². The van der Waals surface area contributed by atoms with Crippen LogP contribution in [0.2, 0.25) is 5.02 Å². The second kappa shape index (κ2) is 11.7. The van der Waals surface area contributed by atoms with E-state index in [1.165, 1.54) is 0 Å². The number of carboxylic acids is 2. The lowest BCUT2D eigenvalue weighted by Crippen LogP contribution is -2.41. The van der Waals surface area contributed by atoms with Crippen molar-refractivity contribution in [2.45, 2.75) is 30.1 Å². The van der Waals surface area contributed by atoms with Gasteiger partial charge in [-0.1, -0.05) is 41.4 Å². The topological polar surface area (TPSA) is 139 Å². The first-order chi connectivity index (χ1) is 18.1. The van der Waals surface area contributed by atoms with Crippen molar-refractivity contribution in [3.8, 4) is 21.9 Å². The Morgan fingerprint density at radius 1 is 1.13 bits per heavy atom. The molecule has 2 heterocycles. The number of carboxylic acid groups (broad SMARTS) is 2. The van der Waals surface area contributed by atoms with Gasteiger partial charge in [0.05, 0.1) is 9.77 Å². The third-order valence-corrected chi connectivity index (χ3v) is 9.82. The second-order valence-electron chi connectivity index (χ2n) is 8.85. The van der Waals surface area contributed by atoms with E-state index < -0.39 is 33.8 Å². The van der Waals surface area contributed by atoms with Gasteiger partial charge in [0.15, 0.2) is 17.2 Å². The van der Waals surface area contributed by atoms with Gasteiger partial charge in [0.2, 0.25) is 15.3 Å². The summed E-state index contributed by atoms with van der Waals surface area (Å²) in [6.45, 7) is 2.48. The highest BCUT2D eigenvalue weighted by Crippen LogP contribution is 2.46. The van der Waals surface area contributed by atoms with Crippen molar-refractivity contribution in [3.05, 3.63) is 64.0 Å². The molecule has 0 bridgehead atoms. The minimum atomic E-state index is -3.86. The molecule has 0 spiro atoms. The molecule has 4 rings (SSSR count). The molecule has 1 unspecified atom stereocenters. The highest BCUT2D eigenvalue weighted by molar-refractivity contribution is 7.92. The number of hydrogen-bond donors (Lipinski definition) is 3. The van der Waals surface area contributed by atoms with Crippen molar-refractivity contribution >= 4 is 44.7 Å². The minimum absolute atomic E-state index is 0.0482. The second-order valence-corrected chi connectivity index (χ2v) is 12.3. The van der Waals surface area contributed by atoms with Crippen LogP contribution in [0.1, 0.15) is 28.1 Å². The number of nitrogens with one attached hydrogen (secondary N) is 1. The van der Waals surface area contributed by atoms with E-state index >= 15 is 0 Å². The predicted molar refractivity (Wildman–Crippen MR) is 143 cm³/mol. The number of thiophene rings is 1. The SMILES string of the molecule is Cc1ccc(S(=O)(=O)C(Oc2cccc(-c3sc(C(=O)O)c(OCC(=O)O)c3Cl)c2)C2CCNCC2)cc1. The fourth-order valence-corrected chi connectivity index (χ4v) is 7.42. The van der Waals surface area contributed by atoms with Crippen LogP contribution in [0.3, 0.4) is 0 Å². The molecule has 2 aromatic carbocycles. The smallest absolute Gasteiger partial charge is 0.349 e. The first-order valence-corrected chi connectivity index (χ1v) is 14.5. The molecule has 202 valence electrons. The first-order valence-electron chi connectivity index (χ1n) is 11.8. The Balaban J connectivity index is 1.70. The molecule has 1 aromatic heterocycles. The summed E-state index contributed by atoms with van der Waals surface area (Å²) in [4.78, 5) is 22.9. The monoisotopic (exact) mass is 579 g/mol. The summed E-state index contributed by atoms with van der Waals surface area (Å²) < 4.78 is 38.8. The average Bonchev–Trinajstić information content (AvgIpc) is 3.23.